The van der Waals surface area contributed by atoms with E-state index in [1.807, 2.05) is 36.4 Å². The maximum absolute atomic E-state index is 12.9. The summed E-state index contributed by atoms with van der Waals surface area (Å²) >= 11 is 0. The lowest BCUT2D eigenvalue weighted by molar-refractivity contribution is 0.346. The van der Waals surface area contributed by atoms with Gasteiger partial charge in [0, 0.05) is 13.1 Å². The van der Waals surface area contributed by atoms with Crippen molar-refractivity contribution < 1.29 is 16.8 Å². The topological polar surface area (TPSA) is 71.5 Å². The molecule has 0 amide bonds. The van der Waals surface area contributed by atoms with Gasteiger partial charge in [0.25, 0.3) is 0 Å². The molecule has 2 aromatic carbocycles. The Bertz CT molecular complexity index is 1050. The zero-order valence-electron chi connectivity index (χ0n) is 17.7. The maximum atomic E-state index is 12.9. The fourth-order valence-electron chi connectivity index (χ4n) is 3.61. The van der Waals surface area contributed by atoms with Crippen LogP contribution in [-0.4, -0.2) is 39.5 Å². The van der Waals surface area contributed by atoms with E-state index in [0.717, 1.165) is 48.8 Å². The van der Waals surface area contributed by atoms with Gasteiger partial charge in [-0.2, -0.15) is 4.31 Å². The number of aryl methyl sites for hydroxylation is 2. The van der Waals surface area contributed by atoms with Crippen molar-refractivity contribution >= 4 is 19.9 Å². The number of sulfone groups is 1. The van der Waals surface area contributed by atoms with Gasteiger partial charge in [-0.3, -0.25) is 0 Å². The Balaban J connectivity index is 1.64. The Morgan fingerprint density at radius 2 is 1.40 bits per heavy atom. The van der Waals surface area contributed by atoms with E-state index in [9.17, 15) is 16.8 Å². The van der Waals surface area contributed by atoms with E-state index in [-0.39, 0.29) is 11.0 Å². The molecule has 5 nitrogen and oxygen atoms in total. The minimum absolute atomic E-state index is 0.0569. The average Bonchev–Trinajstić information content (AvgIpc) is 2.74. The summed E-state index contributed by atoms with van der Waals surface area (Å²) in [5.74, 6) is 0.0569. The summed E-state index contributed by atoms with van der Waals surface area (Å²) < 4.78 is 51.5. The van der Waals surface area contributed by atoms with Crippen molar-refractivity contribution in [2.24, 2.45) is 0 Å². The van der Waals surface area contributed by atoms with Crippen LogP contribution in [0.25, 0.3) is 0 Å². The van der Waals surface area contributed by atoms with E-state index in [1.54, 1.807) is 30.3 Å². The molecule has 1 aliphatic rings. The van der Waals surface area contributed by atoms with E-state index >= 15 is 0 Å². The molecule has 30 heavy (non-hydrogen) atoms. The van der Waals surface area contributed by atoms with Gasteiger partial charge in [-0.1, -0.05) is 42.8 Å². The lowest BCUT2D eigenvalue weighted by Crippen LogP contribution is -2.35. The van der Waals surface area contributed by atoms with Crippen LogP contribution >= 0.6 is 0 Å². The van der Waals surface area contributed by atoms with E-state index in [4.69, 9.17) is 0 Å². The zero-order valence-corrected chi connectivity index (χ0v) is 19.4. The summed E-state index contributed by atoms with van der Waals surface area (Å²) in [6.07, 6.45) is 4.44. The Morgan fingerprint density at radius 1 is 0.800 bits per heavy atom. The van der Waals surface area contributed by atoms with Crippen molar-refractivity contribution in [3.63, 3.8) is 0 Å². The van der Waals surface area contributed by atoms with Crippen molar-refractivity contribution in [3.8, 4) is 0 Å². The molecule has 2 aromatic rings. The minimum Gasteiger partial charge on any atom is -0.228 e. The number of sulfonamides is 1. The molecular weight excluding hydrogens is 418 g/mol. The second-order valence-electron chi connectivity index (χ2n) is 8.28. The molecule has 0 aliphatic carbocycles. The maximum Gasteiger partial charge on any atom is 0.243 e. The summed E-state index contributed by atoms with van der Waals surface area (Å²) in [5.41, 5.74) is 2.88. The van der Waals surface area contributed by atoms with Crippen molar-refractivity contribution in [3.05, 3.63) is 65.2 Å². The number of benzene rings is 2. The van der Waals surface area contributed by atoms with Gasteiger partial charge >= 0.3 is 0 Å². The second-order valence-corrected chi connectivity index (χ2v) is 12.8. The normalized spacial score (nSPS) is 16.1. The van der Waals surface area contributed by atoms with Crippen LogP contribution in [0, 0.1) is 0 Å². The summed E-state index contributed by atoms with van der Waals surface area (Å²) in [4.78, 5) is 0.371. The highest BCUT2D eigenvalue weighted by atomic mass is 32.2. The van der Waals surface area contributed by atoms with Gasteiger partial charge in [0.15, 0.2) is 9.84 Å². The first kappa shape index (κ1) is 23.0. The summed E-state index contributed by atoms with van der Waals surface area (Å²) in [6.45, 7) is 4.60. The molecule has 1 saturated heterocycles. The zero-order chi connectivity index (χ0) is 21.8. The molecule has 0 atom stereocenters. The molecule has 0 radical (unpaired) electrons. The molecule has 1 fully saturated rings. The number of rotatable bonds is 8. The lowest BCUT2D eigenvalue weighted by atomic mass is 10.0. The van der Waals surface area contributed by atoms with Crippen LogP contribution in [0.4, 0.5) is 0 Å². The first-order valence-corrected chi connectivity index (χ1v) is 13.7. The standard InChI is InChI=1S/C23H31NO4S2/c1-19(2)29(25,26)18-22-13-10-20(11-14-22)9-12-21-7-6-8-23(17-21)30(27,28)24-15-4-3-5-16-24/h6-8,10-11,13-14,17,19H,3-5,9,12,15-16,18H2,1-2H3. The van der Waals surface area contributed by atoms with Crippen LogP contribution in [0.3, 0.4) is 0 Å². The van der Waals surface area contributed by atoms with Gasteiger partial charge in [0.05, 0.1) is 15.9 Å². The minimum atomic E-state index is -3.42. The fraction of sp³-hybridized carbons (Fsp3) is 0.478. The molecule has 0 N–H and O–H groups in total. The predicted octanol–water partition coefficient (Wildman–Crippen LogP) is 3.97. The number of nitrogens with zero attached hydrogens (tertiary/aromatic N) is 1. The van der Waals surface area contributed by atoms with Gasteiger partial charge in [-0.15, -0.1) is 0 Å². The fourth-order valence-corrected chi connectivity index (χ4v) is 6.18. The predicted molar refractivity (Wildman–Crippen MR) is 121 cm³/mol. The van der Waals surface area contributed by atoms with Gasteiger partial charge in [0.1, 0.15) is 0 Å². The van der Waals surface area contributed by atoms with E-state index in [1.165, 1.54) is 0 Å². The van der Waals surface area contributed by atoms with Crippen LogP contribution in [0.1, 0.15) is 49.8 Å². The monoisotopic (exact) mass is 449 g/mol. The van der Waals surface area contributed by atoms with E-state index in [2.05, 4.69) is 0 Å². The van der Waals surface area contributed by atoms with Crippen LogP contribution < -0.4 is 0 Å². The molecule has 1 aliphatic heterocycles. The lowest BCUT2D eigenvalue weighted by Gasteiger charge is -2.26. The van der Waals surface area contributed by atoms with Gasteiger partial charge in [-0.25, -0.2) is 16.8 Å². The Morgan fingerprint density at radius 3 is 2.03 bits per heavy atom. The molecule has 7 heteroatoms. The smallest absolute Gasteiger partial charge is 0.228 e. The first-order valence-electron chi connectivity index (χ1n) is 10.6. The van der Waals surface area contributed by atoms with Gasteiger partial charge in [0.2, 0.25) is 10.0 Å². The highest BCUT2D eigenvalue weighted by molar-refractivity contribution is 7.91. The van der Waals surface area contributed by atoms with E-state index < -0.39 is 19.9 Å². The number of hydrogen-bond acceptors (Lipinski definition) is 4. The third-order valence-electron chi connectivity index (χ3n) is 5.66. The van der Waals surface area contributed by atoms with Crippen LogP contribution in [0.2, 0.25) is 0 Å². The van der Waals surface area contributed by atoms with Crippen molar-refractivity contribution in [1.82, 2.24) is 4.31 Å². The first-order chi connectivity index (χ1) is 14.2. The molecule has 0 bridgehead atoms. The molecule has 0 saturated carbocycles. The van der Waals surface area contributed by atoms with Crippen molar-refractivity contribution in [2.45, 2.75) is 61.8 Å². The highest BCUT2D eigenvalue weighted by Gasteiger charge is 2.25. The van der Waals surface area contributed by atoms with E-state index in [0.29, 0.717) is 18.0 Å². The third kappa shape index (κ3) is 5.71. The molecule has 3 rings (SSSR count). The Kier molecular flexibility index (Phi) is 7.37. The molecule has 0 unspecified atom stereocenters. The molecule has 0 aromatic heterocycles. The number of piperidine rings is 1. The average molecular weight is 450 g/mol. The quantitative estimate of drug-likeness (QED) is 0.611. The van der Waals surface area contributed by atoms with Crippen LogP contribution in [-0.2, 0) is 38.5 Å². The van der Waals surface area contributed by atoms with Crippen LogP contribution in [0.15, 0.2) is 53.4 Å². The highest BCUT2D eigenvalue weighted by Crippen LogP contribution is 2.22. The van der Waals surface area contributed by atoms with Crippen LogP contribution in [0.5, 0.6) is 0 Å². The number of hydrogen-bond donors (Lipinski definition) is 0. The summed E-state index contributed by atoms with van der Waals surface area (Å²) in [5, 5.41) is -0.384. The molecular formula is C23H31NO4S2. The van der Waals surface area contributed by atoms with Gasteiger partial charge < -0.3 is 0 Å². The van der Waals surface area contributed by atoms with Crippen molar-refractivity contribution in [1.29, 1.82) is 0 Å². The Labute approximate surface area is 181 Å². The summed E-state index contributed by atoms with van der Waals surface area (Å²) in [6, 6.07) is 14.9. The molecule has 164 valence electrons. The van der Waals surface area contributed by atoms with Crippen molar-refractivity contribution in [2.75, 3.05) is 13.1 Å². The summed E-state index contributed by atoms with van der Waals surface area (Å²) in [7, 11) is -6.53. The largest absolute Gasteiger partial charge is 0.243 e. The van der Waals surface area contributed by atoms with Gasteiger partial charge in [-0.05, 0) is 68.4 Å². The Hall–Kier alpha value is -1.70. The second kappa shape index (κ2) is 9.62. The molecule has 0 spiro atoms. The SMILES string of the molecule is CC(C)S(=O)(=O)Cc1ccc(CCc2cccc(S(=O)(=O)N3CCCCC3)c2)cc1. The molecule has 1 heterocycles. The third-order valence-corrected chi connectivity index (χ3v) is 9.73.